The van der Waals surface area contributed by atoms with Crippen LogP contribution in [-0.4, -0.2) is 10.1 Å². The van der Waals surface area contributed by atoms with E-state index in [-0.39, 0.29) is 5.75 Å². The van der Waals surface area contributed by atoms with Crippen molar-refractivity contribution < 1.29 is 9.84 Å². The molecule has 0 saturated carbocycles. The summed E-state index contributed by atoms with van der Waals surface area (Å²) in [6.07, 6.45) is 0. The van der Waals surface area contributed by atoms with E-state index in [1.165, 1.54) is 0 Å². The Morgan fingerprint density at radius 2 is 1.40 bits per heavy atom. The van der Waals surface area contributed by atoms with Crippen molar-refractivity contribution in [2.75, 3.05) is 0 Å². The third-order valence-electron chi connectivity index (χ3n) is 2.86. The van der Waals surface area contributed by atoms with Crippen LogP contribution >= 0.6 is 0 Å². The molecule has 0 radical (unpaired) electrons. The maximum atomic E-state index is 9.94. The highest BCUT2D eigenvalue weighted by molar-refractivity contribution is 5.66. The smallest absolute Gasteiger partial charge is 0.220 e. The minimum absolute atomic E-state index is 0.136. The van der Waals surface area contributed by atoms with Crippen molar-refractivity contribution >= 4 is 0 Å². The number of ether oxygens (including phenoxy) is 1. The Labute approximate surface area is 117 Å². The van der Waals surface area contributed by atoms with Crippen molar-refractivity contribution in [3.63, 3.8) is 0 Å². The molecule has 0 bridgehead atoms. The average Bonchev–Trinajstić information content (AvgIpc) is 2.51. The summed E-state index contributed by atoms with van der Waals surface area (Å²) in [7, 11) is 0. The van der Waals surface area contributed by atoms with E-state index in [0.717, 1.165) is 5.56 Å². The van der Waals surface area contributed by atoms with Crippen molar-refractivity contribution in [2.24, 2.45) is 0 Å². The van der Waals surface area contributed by atoms with Crippen molar-refractivity contribution in [1.29, 1.82) is 0 Å². The molecule has 0 unspecified atom stereocenters. The topological polar surface area (TPSA) is 42.4 Å². The van der Waals surface area contributed by atoms with Crippen molar-refractivity contribution in [1.82, 2.24) is 4.98 Å². The molecule has 3 aromatic rings. The summed E-state index contributed by atoms with van der Waals surface area (Å²) in [5, 5.41) is 9.94. The van der Waals surface area contributed by atoms with Gasteiger partial charge in [0.15, 0.2) is 0 Å². The van der Waals surface area contributed by atoms with E-state index in [4.69, 9.17) is 4.74 Å². The van der Waals surface area contributed by atoms with Gasteiger partial charge in [0.05, 0.1) is 0 Å². The van der Waals surface area contributed by atoms with Crippen LogP contribution in [0.1, 0.15) is 0 Å². The zero-order chi connectivity index (χ0) is 13.8. The van der Waals surface area contributed by atoms with Crippen LogP contribution in [-0.2, 0) is 0 Å². The van der Waals surface area contributed by atoms with Gasteiger partial charge in [-0.25, -0.2) is 4.98 Å². The normalized spacial score (nSPS) is 10.2. The van der Waals surface area contributed by atoms with Crippen LogP contribution in [0.4, 0.5) is 0 Å². The Kier molecular flexibility index (Phi) is 3.33. The third-order valence-corrected chi connectivity index (χ3v) is 2.86. The lowest BCUT2D eigenvalue weighted by Crippen LogP contribution is -1.90. The number of pyridine rings is 1. The Morgan fingerprint density at radius 1 is 0.750 bits per heavy atom. The van der Waals surface area contributed by atoms with E-state index in [9.17, 15) is 5.11 Å². The summed E-state index contributed by atoms with van der Waals surface area (Å²) in [6, 6.07) is 22.2. The zero-order valence-corrected chi connectivity index (χ0v) is 10.7. The molecule has 1 N–H and O–H groups in total. The predicted octanol–water partition coefficient (Wildman–Crippen LogP) is 4.25. The van der Waals surface area contributed by atoms with E-state index >= 15 is 0 Å². The summed E-state index contributed by atoms with van der Waals surface area (Å²) in [5.41, 5.74) is 1.36. The third kappa shape index (κ3) is 2.62. The largest absolute Gasteiger partial charge is 0.506 e. The Bertz CT molecular complexity index is 697. The molecule has 3 nitrogen and oxygen atoms in total. The van der Waals surface area contributed by atoms with Gasteiger partial charge in [0.1, 0.15) is 17.2 Å². The fourth-order valence-corrected chi connectivity index (χ4v) is 1.91. The van der Waals surface area contributed by atoms with Crippen molar-refractivity contribution in [3.8, 4) is 28.6 Å². The van der Waals surface area contributed by atoms with Gasteiger partial charge in [-0.1, -0.05) is 48.5 Å². The number of aromatic hydroxyl groups is 1. The van der Waals surface area contributed by atoms with Crippen LogP contribution in [0.3, 0.4) is 0 Å². The van der Waals surface area contributed by atoms with Crippen LogP contribution in [0.2, 0.25) is 0 Å². The van der Waals surface area contributed by atoms with Crippen LogP contribution in [0.5, 0.6) is 17.4 Å². The van der Waals surface area contributed by atoms with Gasteiger partial charge in [0.2, 0.25) is 5.88 Å². The quantitative estimate of drug-likeness (QED) is 0.768. The number of hydrogen-bond acceptors (Lipinski definition) is 3. The Morgan fingerprint density at radius 3 is 2.10 bits per heavy atom. The van der Waals surface area contributed by atoms with Crippen LogP contribution in [0.15, 0.2) is 72.8 Å². The first kappa shape index (κ1) is 12.2. The summed E-state index contributed by atoms with van der Waals surface area (Å²) in [5.74, 6) is 1.30. The molecule has 0 amide bonds. The Hall–Kier alpha value is -2.81. The van der Waals surface area contributed by atoms with E-state index in [2.05, 4.69) is 4.98 Å². The molecule has 2 aromatic carbocycles. The minimum Gasteiger partial charge on any atom is -0.506 e. The summed E-state index contributed by atoms with van der Waals surface area (Å²) < 4.78 is 5.67. The predicted molar refractivity (Wildman–Crippen MR) is 77.9 cm³/mol. The number of para-hydroxylation sites is 1. The molecule has 0 atom stereocenters. The van der Waals surface area contributed by atoms with Gasteiger partial charge >= 0.3 is 0 Å². The summed E-state index contributed by atoms with van der Waals surface area (Å²) >= 11 is 0. The SMILES string of the molecule is Oc1ccc(Oc2ccccc2)nc1-c1ccccc1. The van der Waals surface area contributed by atoms with E-state index in [0.29, 0.717) is 17.3 Å². The van der Waals surface area contributed by atoms with Crippen LogP contribution in [0.25, 0.3) is 11.3 Å². The van der Waals surface area contributed by atoms with Crippen molar-refractivity contribution in [3.05, 3.63) is 72.8 Å². The first-order valence-electron chi connectivity index (χ1n) is 6.31. The van der Waals surface area contributed by atoms with E-state index in [1.54, 1.807) is 12.1 Å². The highest BCUT2D eigenvalue weighted by Crippen LogP contribution is 2.30. The molecule has 20 heavy (non-hydrogen) atoms. The molecule has 1 heterocycles. The van der Waals surface area contributed by atoms with E-state index < -0.39 is 0 Å². The van der Waals surface area contributed by atoms with Gasteiger partial charge in [-0.3, -0.25) is 0 Å². The van der Waals surface area contributed by atoms with Gasteiger partial charge in [-0.05, 0) is 18.2 Å². The summed E-state index contributed by atoms with van der Waals surface area (Å²) in [6.45, 7) is 0. The number of rotatable bonds is 3. The minimum atomic E-state index is 0.136. The zero-order valence-electron chi connectivity index (χ0n) is 10.7. The molecule has 0 fully saturated rings. The second-order valence-electron chi connectivity index (χ2n) is 4.30. The molecule has 0 aliphatic carbocycles. The lowest BCUT2D eigenvalue weighted by molar-refractivity contribution is 0.449. The van der Waals surface area contributed by atoms with Crippen LogP contribution in [0, 0.1) is 0 Å². The second-order valence-corrected chi connectivity index (χ2v) is 4.30. The lowest BCUT2D eigenvalue weighted by atomic mass is 10.1. The van der Waals surface area contributed by atoms with Gasteiger partial charge in [0.25, 0.3) is 0 Å². The van der Waals surface area contributed by atoms with Gasteiger partial charge in [-0.2, -0.15) is 0 Å². The highest BCUT2D eigenvalue weighted by Gasteiger charge is 2.08. The van der Waals surface area contributed by atoms with Gasteiger partial charge < -0.3 is 9.84 Å². The molecular weight excluding hydrogens is 250 g/mol. The Balaban J connectivity index is 1.95. The number of hydrogen-bond donors (Lipinski definition) is 1. The van der Waals surface area contributed by atoms with Gasteiger partial charge in [-0.15, -0.1) is 0 Å². The molecule has 0 aliphatic heterocycles. The van der Waals surface area contributed by atoms with E-state index in [1.807, 2.05) is 60.7 Å². The average molecular weight is 263 g/mol. The number of nitrogens with zero attached hydrogens (tertiary/aromatic N) is 1. The molecule has 0 saturated heterocycles. The molecule has 1 aromatic heterocycles. The molecule has 0 aliphatic rings. The molecule has 0 spiro atoms. The maximum absolute atomic E-state index is 9.94. The standard InChI is InChI=1S/C17H13NO2/c19-15-11-12-16(20-14-9-5-2-6-10-14)18-17(15)13-7-3-1-4-8-13/h1-12,19H. The lowest BCUT2D eigenvalue weighted by Gasteiger charge is -2.08. The second kappa shape index (κ2) is 5.45. The number of aromatic nitrogens is 1. The maximum Gasteiger partial charge on any atom is 0.220 e. The fourth-order valence-electron chi connectivity index (χ4n) is 1.91. The van der Waals surface area contributed by atoms with Gasteiger partial charge in [0, 0.05) is 11.6 Å². The first-order chi connectivity index (χ1) is 9.83. The number of benzene rings is 2. The highest BCUT2D eigenvalue weighted by atomic mass is 16.5. The molecule has 98 valence electrons. The molecular formula is C17H13NO2. The van der Waals surface area contributed by atoms with Crippen molar-refractivity contribution in [2.45, 2.75) is 0 Å². The fraction of sp³-hybridized carbons (Fsp3) is 0. The molecule has 3 rings (SSSR count). The summed E-state index contributed by atoms with van der Waals surface area (Å²) in [4.78, 5) is 4.37. The monoisotopic (exact) mass is 263 g/mol. The first-order valence-corrected chi connectivity index (χ1v) is 6.31. The molecule has 3 heteroatoms. The van der Waals surface area contributed by atoms with Crippen LogP contribution < -0.4 is 4.74 Å².